The van der Waals surface area contributed by atoms with Gasteiger partial charge in [-0.2, -0.15) is 0 Å². The highest BCUT2D eigenvalue weighted by Gasteiger charge is 2.10. The SMILES string of the molecule is COc1cc(CNc2ccccc2)cc(Br)c1OC. The van der Waals surface area contributed by atoms with Crippen molar-refractivity contribution in [3.63, 3.8) is 0 Å². The van der Waals surface area contributed by atoms with Gasteiger partial charge in [0.25, 0.3) is 0 Å². The average molecular weight is 322 g/mol. The van der Waals surface area contributed by atoms with Crippen molar-refractivity contribution in [3.8, 4) is 11.5 Å². The lowest BCUT2D eigenvalue weighted by Gasteiger charge is -2.13. The largest absolute Gasteiger partial charge is 0.493 e. The minimum absolute atomic E-state index is 0.714. The third kappa shape index (κ3) is 3.41. The lowest BCUT2D eigenvalue weighted by molar-refractivity contribution is 0.352. The summed E-state index contributed by atoms with van der Waals surface area (Å²) in [5, 5.41) is 3.36. The highest BCUT2D eigenvalue weighted by molar-refractivity contribution is 9.10. The molecule has 0 amide bonds. The molecule has 2 aromatic rings. The molecule has 2 rings (SSSR count). The van der Waals surface area contributed by atoms with Crippen LogP contribution in [0, 0.1) is 0 Å². The van der Waals surface area contributed by atoms with Gasteiger partial charge in [-0.25, -0.2) is 0 Å². The van der Waals surface area contributed by atoms with Crippen LogP contribution in [0.2, 0.25) is 0 Å². The molecule has 0 spiro atoms. The van der Waals surface area contributed by atoms with Crippen LogP contribution >= 0.6 is 15.9 Å². The summed E-state index contributed by atoms with van der Waals surface area (Å²) in [5.74, 6) is 1.44. The van der Waals surface area contributed by atoms with E-state index in [1.54, 1.807) is 14.2 Å². The van der Waals surface area contributed by atoms with Crippen LogP contribution in [0.15, 0.2) is 46.9 Å². The number of hydrogen-bond donors (Lipinski definition) is 1. The van der Waals surface area contributed by atoms with Crippen molar-refractivity contribution in [1.82, 2.24) is 0 Å². The molecule has 0 aromatic heterocycles. The maximum absolute atomic E-state index is 5.33. The van der Waals surface area contributed by atoms with Crippen molar-refractivity contribution >= 4 is 21.6 Å². The van der Waals surface area contributed by atoms with E-state index in [0.29, 0.717) is 5.75 Å². The molecular formula is C15H16BrNO2. The van der Waals surface area contributed by atoms with E-state index >= 15 is 0 Å². The molecule has 2 aromatic carbocycles. The minimum Gasteiger partial charge on any atom is -0.493 e. The van der Waals surface area contributed by atoms with Gasteiger partial charge in [-0.15, -0.1) is 0 Å². The lowest BCUT2D eigenvalue weighted by atomic mass is 10.2. The predicted molar refractivity (Wildman–Crippen MR) is 81.0 cm³/mol. The molecule has 0 aliphatic heterocycles. The molecule has 0 aliphatic carbocycles. The Balaban J connectivity index is 2.15. The molecular weight excluding hydrogens is 306 g/mol. The molecule has 3 nitrogen and oxygen atoms in total. The topological polar surface area (TPSA) is 30.5 Å². The van der Waals surface area contributed by atoms with E-state index < -0.39 is 0 Å². The van der Waals surface area contributed by atoms with E-state index in [0.717, 1.165) is 28.0 Å². The zero-order valence-corrected chi connectivity index (χ0v) is 12.5. The van der Waals surface area contributed by atoms with Crippen molar-refractivity contribution in [2.24, 2.45) is 0 Å². The zero-order chi connectivity index (χ0) is 13.7. The number of hydrogen-bond acceptors (Lipinski definition) is 3. The summed E-state index contributed by atoms with van der Waals surface area (Å²) < 4.78 is 11.5. The van der Waals surface area contributed by atoms with Crippen molar-refractivity contribution in [1.29, 1.82) is 0 Å². The maximum atomic E-state index is 5.33. The quantitative estimate of drug-likeness (QED) is 0.900. The molecule has 100 valence electrons. The number of methoxy groups -OCH3 is 2. The van der Waals surface area contributed by atoms with Crippen LogP contribution in [-0.4, -0.2) is 14.2 Å². The molecule has 0 bridgehead atoms. The Labute approximate surface area is 121 Å². The third-order valence-corrected chi connectivity index (χ3v) is 3.35. The van der Waals surface area contributed by atoms with E-state index in [1.165, 1.54) is 0 Å². The number of halogens is 1. The maximum Gasteiger partial charge on any atom is 0.174 e. The first-order valence-corrected chi connectivity index (χ1v) is 6.73. The monoisotopic (exact) mass is 321 g/mol. The van der Waals surface area contributed by atoms with Crippen LogP contribution in [-0.2, 0) is 6.54 Å². The normalized spacial score (nSPS) is 10.1. The Morgan fingerprint density at radius 2 is 1.79 bits per heavy atom. The van der Waals surface area contributed by atoms with Gasteiger partial charge in [0.15, 0.2) is 11.5 Å². The first-order valence-electron chi connectivity index (χ1n) is 5.94. The second-order valence-electron chi connectivity index (χ2n) is 4.03. The molecule has 0 heterocycles. The fourth-order valence-corrected chi connectivity index (χ4v) is 2.48. The fraction of sp³-hybridized carbons (Fsp3) is 0.200. The summed E-state index contributed by atoms with van der Waals surface area (Å²) in [4.78, 5) is 0. The van der Waals surface area contributed by atoms with Crippen LogP contribution in [0.5, 0.6) is 11.5 Å². The smallest absolute Gasteiger partial charge is 0.174 e. The second-order valence-corrected chi connectivity index (χ2v) is 4.89. The molecule has 0 saturated carbocycles. The van der Waals surface area contributed by atoms with Crippen LogP contribution in [0.3, 0.4) is 0 Å². The predicted octanol–water partition coefficient (Wildman–Crippen LogP) is 4.08. The van der Waals surface area contributed by atoms with Gasteiger partial charge in [-0.05, 0) is 45.8 Å². The summed E-state index contributed by atoms with van der Waals surface area (Å²) in [7, 11) is 3.27. The number of ether oxygens (including phenoxy) is 2. The van der Waals surface area contributed by atoms with Gasteiger partial charge in [0.2, 0.25) is 0 Å². The molecule has 1 N–H and O–H groups in total. The van der Waals surface area contributed by atoms with E-state index in [9.17, 15) is 0 Å². The molecule has 0 saturated heterocycles. The Morgan fingerprint density at radius 3 is 2.42 bits per heavy atom. The van der Waals surface area contributed by atoms with Gasteiger partial charge in [-0.3, -0.25) is 0 Å². The van der Waals surface area contributed by atoms with Crippen LogP contribution in [0.25, 0.3) is 0 Å². The number of anilines is 1. The third-order valence-electron chi connectivity index (χ3n) is 2.76. The number of benzene rings is 2. The Morgan fingerprint density at radius 1 is 1.05 bits per heavy atom. The van der Waals surface area contributed by atoms with Gasteiger partial charge in [0, 0.05) is 12.2 Å². The van der Waals surface area contributed by atoms with Gasteiger partial charge in [-0.1, -0.05) is 18.2 Å². The molecule has 4 heteroatoms. The van der Waals surface area contributed by atoms with Crippen LogP contribution in [0.1, 0.15) is 5.56 Å². The molecule has 0 fully saturated rings. The summed E-state index contributed by atoms with van der Waals surface area (Å²) in [6, 6.07) is 14.1. The zero-order valence-electron chi connectivity index (χ0n) is 10.9. The number of rotatable bonds is 5. The van der Waals surface area contributed by atoms with Gasteiger partial charge in [0.1, 0.15) is 0 Å². The lowest BCUT2D eigenvalue weighted by Crippen LogP contribution is -2.01. The van der Waals surface area contributed by atoms with E-state index in [2.05, 4.69) is 21.2 Å². The Kier molecular flexibility index (Phi) is 4.68. The summed E-state index contributed by atoms with van der Waals surface area (Å²) in [5.41, 5.74) is 2.21. The van der Waals surface area contributed by atoms with Crippen LogP contribution in [0.4, 0.5) is 5.69 Å². The van der Waals surface area contributed by atoms with Crippen molar-refractivity contribution in [2.45, 2.75) is 6.54 Å². The van der Waals surface area contributed by atoms with E-state index in [4.69, 9.17) is 9.47 Å². The van der Waals surface area contributed by atoms with Crippen molar-refractivity contribution in [2.75, 3.05) is 19.5 Å². The summed E-state index contributed by atoms with van der Waals surface area (Å²) in [6.45, 7) is 0.725. The highest BCUT2D eigenvalue weighted by atomic mass is 79.9. The van der Waals surface area contributed by atoms with Crippen molar-refractivity contribution < 1.29 is 9.47 Å². The minimum atomic E-state index is 0.714. The molecule has 0 radical (unpaired) electrons. The highest BCUT2D eigenvalue weighted by Crippen LogP contribution is 2.36. The van der Waals surface area contributed by atoms with Crippen LogP contribution < -0.4 is 14.8 Å². The van der Waals surface area contributed by atoms with E-state index in [1.807, 2.05) is 42.5 Å². The molecule has 19 heavy (non-hydrogen) atoms. The van der Waals surface area contributed by atoms with Gasteiger partial charge >= 0.3 is 0 Å². The summed E-state index contributed by atoms with van der Waals surface area (Å²) >= 11 is 3.49. The second kappa shape index (κ2) is 6.48. The first-order chi connectivity index (χ1) is 9.24. The van der Waals surface area contributed by atoms with Gasteiger partial charge in [0.05, 0.1) is 18.7 Å². The molecule has 0 unspecified atom stereocenters. The molecule has 0 aliphatic rings. The fourth-order valence-electron chi connectivity index (χ4n) is 1.83. The average Bonchev–Trinajstić information content (AvgIpc) is 2.45. The number of nitrogens with one attached hydrogen (secondary N) is 1. The van der Waals surface area contributed by atoms with E-state index in [-0.39, 0.29) is 0 Å². The van der Waals surface area contributed by atoms with Crippen molar-refractivity contribution in [3.05, 3.63) is 52.5 Å². The standard InChI is InChI=1S/C15H16BrNO2/c1-18-14-9-11(8-13(16)15(14)19-2)10-17-12-6-4-3-5-7-12/h3-9,17H,10H2,1-2H3. The Hall–Kier alpha value is -1.68. The Bertz CT molecular complexity index is 543. The van der Waals surface area contributed by atoms with Gasteiger partial charge < -0.3 is 14.8 Å². The number of para-hydroxylation sites is 1. The first kappa shape index (κ1) is 13.7. The summed E-state index contributed by atoms with van der Waals surface area (Å²) in [6.07, 6.45) is 0. The molecule has 0 atom stereocenters.